The van der Waals surface area contributed by atoms with E-state index in [1.165, 1.54) is 45.1 Å². The van der Waals surface area contributed by atoms with Crippen LogP contribution in [-0.2, 0) is 0 Å². The van der Waals surface area contributed by atoms with E-state index in [0.29, 0.717) is 12.0 Å². The minimum atomic E-state index is -0.323. The highest BCUT2D eigenvalue weighted by atomic mass is 16.3. The highest BCUT2D eigenvalue weighted by molar-refractivity contribution is 5.06. The van der Waals surface area contributed by atoms with Crippen molar-refractivity contribution in [3.8, 4) is 0 Å². The van der Waals surface area contributed by atoms with Crippen molar-refractivity contribution in [2.24, 2.45) is 11.8 Å². The van der Waals surface area contributed by atoms with Gasteiger partial charge in [-0.05, 0) is 50.5 Å². The Labute approximate surface area is 99.0 Å². The molecule has 2 heterocycles. The number of fused-ring (bicyclic) bond motifs is 1. The molecule has 2 atom stereocenters. The van der Waals surface area contributed by atoms with Crippen LogP contribution in [0.1, 0.15) is 51.9 Å². The summed E-state index contributed by atoms with van der Waals surface area (Å²) in [6.07, 6.45) is 8.78. The van der Waals surface area contributed by atoms with Crippen molar-refractivity contribution < 1.29 is 5.11 Å². The van der Waals surface area contributed by atoms with Crippen LogP contribution in [0, 0.1) is 11.8 Å². The van der Waals surface area contributed by atoms with Gasteiger partial charge in [0.2, 0.25) is 0 Å². The smallest absolute Gasteiger partial charge is 0.0842 e. The third-order valence-corrected chi connectivity index (χ3v) is 5.46. The normalized spacial score (nSPS) is 49.5. The van der Waals surface area contributed by atoms with Gasteiger partial charge in [-0.2, -0.15) is 0 Å². The molecule has 1 aliphatic carbocycles. The molecule has 2 heteroatoms. The van der Waals surface area contributed by atoms with Crippen molar-refractivity contribution in [1.29, 1.82) is 0 Å². The van der Waals surface area contributed by atoms with Gasteiger partial charge in [0.15, 0.2) is 0 Å². The molecule has 0 radical (unpaired) electrons. The molecule has 0 aromatic carbocycles. The van der Waals surface area contributed by atoms with Crippen LogP contribution in [0.25, 0.3) is 0 Å². The zero-order chi connectivity index (χ0) is 11.2. The summed E-state index contributed by atoms with van der Waals surface area (Å²) in [5.41, 5.74) is -0.323. The monoisotopic (exact) mass is 223 g/mol. The van der Waals surface area contributed by atoms with Gasteiger partial charge in [0, 0.05) is 12.6 Å². The molecule has 0 aromatic heterocycles. The highest BCUT2D eigenvalue weighted by Gasteiger charge is 2.52. The molecular formula is C14H25NO. The van der Waals surface area contributed by atoms with Gasteiger partial charge in [-0.3, -0.25) is 4.90 Å². The van der Waals surface area contributed by atoms with E-state index in [1.807, 2.05) is 0 Å². The van der Waals surface area contributed by atoms with E-state index in [0.717, 1.165) is 18.9 Å². The van der Waals surface area contributed by atoms with E-state index < -0.39 is 0 Å². The van der Waals surface area contributed by atoms with Gasteiger partial charge in [-0.1, -0.05) is 19.8 Å². The van der Waals surface area contributed by atoms with E-state index in [2.05, 4.69) is 11.8 Å². The second-order valence-electron chi connectivity index (χ2n) is 6.39. The molecule has 2 nitrogen and oxygen atoms in total. The maximum Gasteiger partial charge on any atom is 0.0842 e. The molecule has 3 aliphatic rings. The predicted octanol–water partition coefficient (Wildman–Crippen LogP) is 2.41. The Hall–Kier alpha value is -0.0800. The molecule has 3 fully saturated rings. The summed E-state index contributed by atoms with van der Waals surface area (Å²) in [5, 5.41) is 11.0. The second-order valence-corrected chi connectivity index (χ2v) is 6.39. The molecule has 1 N–H and O–H groups in total. The second kappa shape index (κ2) is 3.99. The first kappa shape index (κ1) is 11.0. The summed E-state index contributed by atoms with van der Waals surface area (Å²) in [7, 11) is 0. The Morgan fingerprint density at radius 1 is 1.06 bits per heavy atom. The van der Waals surface area contributed by atoms with Crippen molar-refractivity contribution >= 4 is 0 Å². The van der Waals surface area contributed by atoms with Crippen molar-refractivity contribution in [2.75, 3.05) is 13.1 Å². The van der Waals surface area contributed by atoms with Crippen molar-refractivity contribution in [2.45, 2.75) is 63.5 Å². The maximum absolute atomic E-state index is 11.0. The van der Waals surface area contributed by atoms with Crippen molar-refractivity contribution in [1.82, 2.24) is 4.90 Å². The van der Waals surface area contributed by atoms with Crippen LogP contribution in [-0.4, -0.2) is 34.7 Å². The summed E-state index contributed by atoms with van der Waals surface area (Å²) in [6, 6.07) is 0.505. The largest absolute Gasteiger partial charge is 0.388 e. The average Bonchev–Trinajstić information content (AvgIpc) is 2.85. The zero-order valence-electron chi connectivity index (χ0n) is 10.5. The summed E-state index contributed by atoms with van der Waals surface area (Å²) < 4.78 is 0. The third kappa shape index (κ3) is 1.62. The number of rotatable bonds is 1. The number of aliphatic hydroxyl groups is 1. The molecule has 2 unspecified atom stereocenters. The number of hydrogen-bond acceptors (Lipinski definition) is 2. The molecule has 16 heavy (non-hydrogen) atoms. The average molecular weight is 223 g/mol. The molecule has 92 valence electrons. The van der Waals surface area contributed by atoms with E-state index in [1.54, 1.807) is 0 Å². The van der Waals surface area contributed by atoms with E-state index >= 15 is 0 Å². The first-order chi connectivity index (χ1) is 7.70. The van der Waals surface area contributed by atoms with E-state index in [-0.39, 0.29) is 5.60 Å². The fourth-order valence-corrected chi connectivity index (χ4v) is 4.39. The van der Waals surface area contributed by atoms with Crippen molar-refractivity contribution in [3.05, 3.63) is 0 Å². The molecule has 0 amide bonds. The highest BCUT2D eigenvalue weighted by Crippen LogP contribution is 2.46. The minimum Gasteiger partial charge on any atom is -0.388 e. The summed E-state index contributed by atoms with van der Waals surface area (Å²) in [4.78, 5) is 2.54. The minimum absolute atomic E-state index is 0.323. The van der Waals surface area contributed by atoms with Gasteiger partial charge in [0.1, 0.15) is 0 Å². The molecular weight excluding hydrogens is 198 g/mol. The lowest BCUT2D eigenvalue weighted by atomic mass is 9.70. The Morgan fingerprint density at radius 3 is 2.56 bits per heavy atom. The van der Waals surface area contributed by atoms with Crippen LogP contribution in [0.3, 0.4) is 0 Å². The Bertz CT molecular complexity index is 259. The molecule has 0 aromatic rings. The van der Waals surface area contributed by atoms with Gasteiger partial charge >= 0.3 is 0 Å². The standard InChI is InChI=1S/C14H25NO/c1-11-4-6-12(7-5-11)14(16)8-10-15-9-2-3-13(14)15/h11-13,16H,2-10H2,1H3. The van der Waals surface area contributed by atoms with Crippen LogP contribution in [0.4, 0.5) is 0 Å². The van der Waals surface area contributed by atoms with Crippen LogP contribution < -0.4 is 0 Å². The molecule has 1 saturated carbocycles. The quantitative estimate of drug-likeness (QED) is 0.738. The van der Waals surface area contributed by atoms with Gasteiger partial charge in [0.25, 0.3) is 0 Å². The summed E-state index contributed by atoms with van der Waals surface area (Å²) in [6.45, 7) is 4.74. The first-order valence-corrected chi connectivity index (χ1v) is 7.16. The Kier molecular flexibility index (Phi) is 2.75. The first-order valence-electron chi connectivity index (χ1n) is 7.16. The topological polar surface area (TPSA) is 23.5 Å². The van der Waals surface area contributed by atoms with Crippen LogP contribution in [0.5, 0.6) is 0 Å². The lowest BCUT2D eigenvalue weighted by Crippen LogP contribution is -2.48. The molecule has 2 saturated heterocycles. The summed E-state index contributed by atoms with van der Waals surface area (Å²) >= 11 is 0. The number of nitrogens with zero attached hydrogens (tertiary/aromatic N) is 1. The van der Waals surface area contributed by atoms with Crippen LogP contribution >= 0.6 is 0 Å². The molecule has 0 bridgehead atoms. The predicted molar refractivity (Wildman–Crippen MR) is 65.3 cm³/mol. The van der Waals surface area contributed by atoms with Crippen LogP contribution in [0.15, 0.2) is 0 Å². The van der Waals surface area contributed by atoms with Crippen LogP contribution in [0.2, 0.25) is 0 Å². The molecule has 2 aliphatic heterocycles. The van der Waals surface area contributed by atoms with E-state index in [4.69, 9.17) is 0 Å². The number of hydrogen-bond donors (Lipinski definition) is 1. The lowest BCUT2D eigenvalue weighted by molar-refractivity contribution is -0.0561. The van der Waals surface area contributed by atoms with Gasteiger partial charge < -0.3 is 5.11 Å². The van der Waals surface area contributed by atoms with E-state index in [9.17, 15) is 5.11 Å². The van der Waals surface area contributed by atoms with Gasteiger partial charge in [0.05, 0.1) is 5.60 Å². The third-order valence-electron chi connectivity index (χ3n) is 5.46. The zero-order valence-corrected chi connectivity index (χ0v) is 10.5. The lowest BCUT2D eigenvalue weighted by Gasteiger charge is -2.41. The van der Waals surface area contributed by atoms with Gasteiger partial charge in [-0.15, -0.1) is 0 Å². The Balaban J connectivity index is 1.72. The van der Waals surface area contributed by atoms with Crippen molar-refractivity contribution in [3.63, 3.8) is 0 Å². The summed E-state index contributed by atoms with van der Waals surface area (Å²) in [5.74, 6) is 1.48. The molecule has 0 spiro atoms. The molecule has 3 rings (SSSR count). The fraction of sp³-hybridized carbons (Fsp3) is 1.00. The SMILES string of the molecule is CC1CCC(C2(O)CCN3CCCC32)CC1. The Morgan fingerprint density at radius 2 is 1.81 bits per heavy atom. The maximum atomic E-state index is 11.0. The van der Waals surface area contributed by atoms with Gasteiger partial charge in [-0.25, -0.2) is 0 Å². The fourth-order valence-electron chi connectivity index (χ4n) is 4.39.